The van der Waals surface area contributed by atoms with Crippen molar-refractivity contribution in [3.8, 4) is 0 Å². The van der Waals surface area contributed by atoms with Crippen molar-refractivity contribution in [2.75, 3.05) is 12.3 Å². The summed E-state index contributed by atoms with van der Waals surface area (Å²) in [5.74, 6) is -0.588. The van der Waals surface area contributed by atoms with Crippen molar-refractivity contribution in [1.29, 1.82) is 0 Å². The first-order valence-corrected chi connectivity index (χ1v) is 5.70. The molecule has 6 heteroatoms. The molecule has 0 atom stereocenters. The summed E-state index contributed by atoms with van der Waals surface area (Å²) in [5, 5.41) is 0. The van der Waals surface area contributed by atoms with Gasteiger partial charge in [0, 0.05) is 12.6 Å². The smallest absolute Gasteiger partial charge is 0.396 e. The maximum Gasteiger partial charge on any atom is 0.401 e. The Labute approximate surface area is 102 Å². The van der Waals surface area contributed by atoms with Gasteiger partial charge < -0.3 is 5.73 Å². The molecule has 0 unspecified atom stereocenters. The molecule has 0 spiro atoms. The molecule has 1 aliphatic carbocycles. The Morgan fingerprint density at radius 1 is 1.28 bits per heavy atom. The second-order valence-electron chi connectivity index (χ2n) is 4.56. The Kier molecular flexibility index (Phi) is 3.47. The molecule has 2 nitrogen and oxygen atoms in total. The highest BCUT2D eigenvalue weighted by Gasteiger charge is 2.38. The molecular formula is C12H14F4N2. The zero-order valence-corrected chi connectivity index (χ0v) is 9.67. The van der Waals surface area contributed by atoms with Gasteiger partial charge in [0.05, 0.1) is 12.2 Å². The Bertz CT molecular complexity index is 427. The number of benzene rings is 1. The van der Waals surface area contributed by atoms with E-state index in [1.807, 2.05) is 0 Å². The number of nitrogens with two attached hydrogens (primary N) is 1. The van der Waals surface area contributed by atoms with Crippen LogP contribution < -0.4 is 5.73 Å². The van der Waals surface area contributed by atoms with E-state index in [1.165, 1.54) is 17.0 Å². The van der Waals surface area contributed by atoms with Crippen LogP contribution in [0.2, 0.25) is 0 Å². The summed E-state index contributed by atoms with van der Waals surface area (Å²) < 4.78 is 50.5. The molecule has 0 radical (unpaired) electrons. The summed E-state index contributed by atoms with van der Waals surface area (Å²) in [6.45, 7) is -0.943. The number of halogens is 4. The average Bonchev–Trinajstić information content (AvgIpc) is 3.05. The Hall–Kier alpha value is -1.30. The highest BCUT2D eigenvalue weighted by molar-refractivity contribution is 5.47. The van der Waals surface area contributed by atoms with Crippen molar-refractivity contribution in [1.82, 2.24) is 4.90 Å². The summed E-state index contributed by atoms with van der Waals surface area (Å²) in [6, 6.07) is 4.16. The van der Waals surface area contributed by atoms with Gasteiger partial charge in [0.15, 0.2) is 0 Å². The highest BCUT2D eigenvalue weighted by atomic mass is 19.4. The van der Waals surface area contributed by atoms with Crippen molar-refractivity contribution in [3.05, 3.63) is 29.6 Å². The van der Waals surface area contributed by atoms with Crippen molar-refractivity contribution in [2.45, 2.75) is 31.6 Å². The minimum Gasteiger partial charge on any atom is -0.396 e. The van der Waals surface area contributed by atoms with E-state index in [2.05, 4.69) is 0 Å². The zero-order valence-electron chi connectivity index (χ0n) is 9.67. The van der Waals surface area contributed by atoms with Gasteiger partial charge in [0.2, 0.25) is 0 Å². The van der Waals surface area contributed by atoms with Crippen LogP contribution in [0.15, 0.2) is 18.2 Å². The lowest BCUT2D eigenvalue weighted by Crippen LogP contribution is -2.35. The molecule has 2 N–H and O–H groups in total. The Morgan fingerprint density at radius 3 is 2.50 bits per heavy atom. The van der Waals surface area contributed by atoms with Gasteiger partial charge >= 0.3 is 6.18 Å². The fourth-order valence-electron chi connectivity index (χ4n) is 1.92. The predicted molar refractivity (Wildman–Crippen MR) is 60.3 cm³/mol. The summed E-state index contributed by atoms with van der Waals surface area (Å²) in [6.07, 6.45) is -2.73. The Balaban J connectivity index is 2.11. The third-order valence-corrected chi connectivity index (χ3v) is 2.96. The van der Waals surface area contributed by atoms with Crippen LogP contribution in [0.25, 0.3) is 0 Å². The fraction of sp³-hybridized carbons (Fsp3) is 0.500. The topological polar surface area (TPSA) is 29.3 Å². The van der Waals surface area contributed by atoms with E-state index >= 15 is 0 Å². The minimum absolute atomic E-state index is 0.0355. The van der Waals surface area contributed by atoms with E-state index in [4.69, 9.17) is 5.73 Å². The van der Waals surface area contributed by atoms with Crippen LogP contribution in [0.1, 0.15) is 18.4 Å². The van der Waals surface area contributed by atoms with Gasteiger partial charge in [-0.3, -0.25) is 4.90 Å². The molecular weight excluding hydrogens is 248 g/mol. The molecule has 1 aromatic rings. The second-order valence-corrected chi connectivity index (χ2v) is 4.56. The van der Waals surface area contributed by atoms with Crippen molar-refractivity contribution < 1.29 is 17.6 Å². The predicted octanol–water partition coefficient (Wildman–Crippen LogP) is 2.93. The molecule has 1 fully saturated rings. The number of hydrogen-bond acceptors (Lipinski definition) is 2. The lowest BCUT2D eigenvalue weighted by Gasteiger charge is -2.24. The number of hydrogen-bond donors (Lipinski definition) is 1. The van der Waals surface area contributed by atoms with Crippen LogP contribution >= 0.6 is 0 Å². The average molecular weight is 262 g/mol. The monoisotopic (exact) mass is 262 g/mol. The summed E-state index contributed by atoms with van der Waals surface area (Å²) in [7, 11) is 0. The van der Waals surface area contributed by atoms with Gasteiger partial charge in [-0.15, -0.1) is 0 Å². The van der Waals surface area contributed by atoms with Crippen LogP contribution in [-0.4, -0.2) is 23.7 Å². The van der Waals surface area contributed by atoms with Gasteiger partial charge in [-0.2, -0.15) is 13.2 Å². The summed E-state index contributed by atoms with van der Waals surface area (Å²) in [4.78, 5) is 1.31. The maximum absolute atomic E-state index is 13.2. The van der Waals surface area contributed by atoms with Crippen LogP contribution in [0.5, 0.6) is 0 Å². The van der Waals surface area contributed by atoms with E-state index in [-0.39, 0.29) is 18.3 Å². The molecule has 1 saturated carbocycles. The molecule has 1 aromatic carbocycles. The molecule has 2 rings (SSSR count). The van der Waals surface area contributed by atoms with Gasteiger partial charge in [-0.25, -0.2) is 4.39 Å². The first-order valence-electron chi connectivity index (χ1n) is 5.70. The first-order chi connectivity index (χ1) is 8.37. The number of alkyl halides is 3. The fourth-order valence-corrected chi connectivity index (χ4v) is 1.92. The maximum atomic E-state index is 13.2. The third-order valence-electron chi connectivity index (χ3n) is 2.96. The van der Waals surface area contributed by atoms with E-state index in [9.17, 15) is 17.6 Å². The molecule has 0 aliphatic heterocycles. The number of para-hydroxylation sites is 1. The molecule has 0 heterocycles. The van der Waals surface area contributed by atoms with E-state index < -0.39 is 18.5 Å². The van der Waals surface area contributed by atoms with Gasteiger partial charge in [0.1, 0.15) is 5.82 Å². The van der Waals surface area contributed by atoms with E-state index in [0.717, 1.165) is 12.8 Å². The number of anilines is 1. The largest absolute Gasteiger partial charge is 0.401 e. The first kappa shape index (κ1) is 13.1. The highest BCUT2D eigenvalue weighted by Crippen LogP contribution is 2.32. The number of nitrogens with zero attached hydrogens (tertiary/aromatic N) is 1. The lowest BCUT2D eigenvalue weighted by molar-refractivity contribution is -0.148. The van der Waals surface area contributed by atoms with E-state index in [0.29, 0.717) is 5.56 Å². The van der Waals surface area contributed by atoms with Crippen molar-refractivity contribution in [2.24, 2.45) is 0 Å². The van der Waals surface area contributed by atoms with Crippen molar-refractivity contribution >= 4 is 5.69 Å². The Morgan fingerprint density at radius 2 is 1.94 bits per heavy atom. The number of nitrogen functional groups attached to an aromatic ring is 1. The minimum atomic E-state index is -4.25. The quantitative estimate of drug-likeness (QED) is 0.667. The molecule has 0 saturated heterocycles. The standard InChI is InChI=1S/C12H14F4N2/c13-10-3-1-2-8(11(10)17)6-18(9-4-5-9)7-12(14,15)16/h1-3,9H,4-7,17H2. The summed E-state index contributed by atoms with van der Waals surface area (Å²) >= 11 is 0. The molecule has 0 amide bonds. The molecule has 100 valence electrons. The molecule has 18 heavy (non-hydrogen) atoms. The zero-order chi connectivity index (χ0) is 13.3. The lowest BCUT2D eigenvalue weighted by atomic mass is 10.1. The van der Waals surface area contributed by atoms with Crippen LogP contribution in [0.4, 0.5) is 23.2 Å². The van der Waals surface area contributed by atoms with Gasteiger partial charge in [-0.1, -0.05) is 12.1 Å². The van der Waals surface area contributed by atoms with Crippen LogP contribution in [-0.2, 0) is 6.54 Å². The molecule has 0 bridgehead atoms. The van der Waals surface area contributed by atoms with Crippen LogP contribution in [0.3, 0.4) is 0 Å². The third kappa shape index (κ3) is 3.35. The second kappa shape index (κ2) is 4.76. The molecule has 0 aromatic heterocycles. The van der Waals surface area contributed by atoms with E-state index in [1.54, 1.807) is 6.07 Å². The van der Waals surface area contributed by atoms with Gasteiger partial charge in [-0.05, 0) is 24.5 Å². The molecule has 1 aliphatic rings. The van der Waals surface area contributed by atoms with Crippen molar-refractivity contribution in [3.63, 3.8) is 0 Å². The number of rotatable bonds is 4. The van der Waals surface area contributed by atoms with Crippen LogP contribution in [0, 0.1) is 5.82 Å². The van der Waals surface area contributed by atoms with Gasteiger partial charge in [0.25, 0.3) is 0 Å². The SMILES string of the molecule is Nc1c(F)cccc1CN(CC(F)(F)F)C1CC1. The normalized spacial score (nSPS) is 16.3. The summed E-state index contributed by atoms with van der Waals surface area (Å²) in [5.41, 5.74) is 5.88.